The minimum absolute atomic E-state index is 0.170. The van der Waals surface area contributed by atoms with Crippen molar-refractivity contribution < 1.29 is 9.90 Å². The van der Waals surface area contributed by atoms with E-state index in [1.807, 2.05) is 54.8 Å². The zero-order valence-corrected chi connectivity index (χ0v) is 17.8. The molecule has 0 bridgehead atoms. The molecule has 8 nitrogen and oxygen atoms in total. The Morgan fingerprint density at radius 2 is 2.00 bits per heavy atom. The summed E-state index contributed by atoms with van der Waals surface area (Å²) >= 11 is 1.38. The number of azo groups is 1. The average Bonchev–Trinajstić information content (AvgIpc) is 3.37. The lowest BCUT2D eigenvalue weighted by Crippen LogP contribution is -2.23. The number of aromatic hydroxyl groups is 1. The number of aryl methyl sites for hydroxylation is 1. The van der Waals surface area contributed by atoms with Crippen molar-refractivity contribution >= 4 is 44.1 Å². The molecule has 0 unspecified atom stereocenters. The third-order valence-corrected chi connectivity index (χ3v) is 6.09. The minimum Gasteiger partial charge on any atom is -0.493 e. The van der Waals surface area contributed by atoms with Crippen molar-refractivity contribution in [3.8, 4) is 17.0 Å². The van der Waals surface area contributed by atoms with E-state index in [4.69, 9.17) is 0 Å². The van der Waals surface area contributed by atoms with Crippen LogP contribution in [0, 0.1) is 6.92 Å². The third-order valence-electron chi connectivity index (χ3n) is 5.21. The summed E-state index contributed by atoms with van der Waals surface area (Å²) in [6.45, 7) is 1.59. The van der Waals surface area contributed by atoms with Crippen molar-refractivity contribution in [2.24, 2.45) is 10.2 Å². The van der Waals surface area contributed by atoms with E-state index in [9.17, 15) is 14.7 Å². The first-order valence-electron chi connectivity index (χ1n) is 9.80. The molecule has 0 saturated carbocycles. The Morgan fingerprint density at radius 3 is 2.81 bits per heavy atom. The molecular weight excluding hydrogens is 426 g/mol. The van der Waals surface area contributed by atoms with Crippen LogP contribution in [0.3, 0.4) is 0 Å². The van der Waals surface area contributed by atoms with Crippen molar-refractivity contribution in [3.05, 3.63) is 76.2 Å². The summed E-state index contributed by atoms with van der Waals surface area (Å²) < 4.78 is 1.22. The Balaban J connectivity index is 1.46. The lowest BCUT2D eigenvalue weighted by atomic mass is 10.1. The van der Waals surface area contributed by atoms with Crippen LogP contribution in [0.5, 0.6) is 5.88 Å². The standard InChI is InChI=1S/C23H17N5O3S/c1-13-6-5-9-15-19(13)25-21(30)20(15)27-26-17(29)10-28-12-24-22-18(23(28)31)16(11-32-22)14-7-3-2-4-8-14/h2-9,11-12,25,30H,10H2,1H3. The Morgan fingerprint density at radius 1 is 1.19 bits per heavy atom. The average molecular weight is 443 g/mol. The van der Waals surface area contributed by atoms with Gasteiger partial charge in [0.25, 0.3) is 11.5 Å². The second-order valence-electron chi connectivity index (χ2n) is 7.29. The summed E-state index contributed by atoms with van der Waals surface area (Å²) in [6, 6.07) is 15.1. The number of para-hydroxylation sites is 1. The summed E-state index contributed by atoms with van der Waals surface area (Å²) in [5.41, 5.74) is 3.22. The van der Waals surface area contributed by atoms with E-state index >= 15 is 0 Å². The van der Waals surface area contributed by atoms with E-state index in [2.05, 4.69) is 20.2 Å². The molecule has 0 atom stereocenters. The van der Waals surface area contributed by atoms with Crippen LogP contribution in [0.1, 0.15) is 5.56 Å². The van der Waals surface area contributed by atoms with Crippen LogP contribution in [-0.2, 0) is 11.3 Å². The van der Waals surface area contributed by atoms with E-state index in [-0.39, 0.29) is 23.7 Å². The zero-order valence-electron chi connectivity index (χ0n) is 16.9. The summed E-state index contributed by atoms with van der Waals surface area (Å²) in [7, 11) is 0. The van der Waals surface area contributed by atoms with E-state index in [0.717, 1.165) is 22.2 Å². The number of amides is 1. The highest BCUT2D eigenvalue weighted by molar-refractivity contribution is 7.17. The topological polar surface area (TPSA) is 113 Å². The number of nitrogens with zero attached hydrogens (tertiary/aromatic N) is 4. The van der Waals surface area contributed by atoms with Gasteiger partial charge in [-0.25, -0.2) is 4.98 Å². The zero-order chi connectivity index (χ0) is 22.2. The predicted octanol–water partition coefficient (Wildman–Crippen LogP) is 4.93. The number of carbonyl (C=O) groups excluding carboxylic acids is 1. The van der Waals surface area contributed by atoms with E-state index in [1.54, 1.807) is 6.07 Å². The molecule has 0 aliphatic rings. The summed E-state index contributed by atoms with van der Waals surface area (Å²) in [4.78, 5) is 33.3. The summed E-state index contributed by atoms with van der Waals surface area (Å²) in [5, 5.41) is 20.8. The molecule has 3 aromatic heterocycles. The first-order valence-corrected chi connectivity index (χ1v) is 10.7. The maximum absolute atomic E-state index is 13.1. The van der Waals surface area contributed by atoms with Crippen LogP contribution in [-0.4, -0.2) is 25.5 Å². The van der Waals surface area contributed by atoms with Gasteiger partial charge in [-0.2, -0.15) is 0 Å². The smallest absolute Gasteiger partial charge is 0.284 e. The van der Waals surface area contributed by atoms with Gasteiger partial charge in [-0.3, -0.25) is 14.2 Å². The summed E-state index contributed by atoms with van der Waals surface area (Å²) in [5.74, 6) is -0.803. The van der Waals surface area contributed by atoms with E-state index < -0.39 is 5.91 Å². The van der Waals surface area contributed by atoms with Crippen LogP contribution >= 0.6 is 11.3 Å². The van der Waals surface area contributed by atoms with Crippen molar-refractivity contribution in [2.45, 2.75) is 13.5 Å². The normalized spacial score (nSPS) is 11.7. The first-order chi connectivity index (χ1) is 15.5. The van der Waals surface area contributed by atoms with Gasteiger partial charge in [0, 0.05) is 16.3 Å². The van der Waals surface area contributed by atoms with Crippen LogP contribution in [0.25, 0.3) is 32.2 Å². The molecule has 0 aliphatic heterocycles. The summed E-state index contributed by atoms with van der Waals surface area (Å²) in [6.07, 6.45) is 1.34. The molecule has 158 valence electrons. The fraction of sp³-hybridized carbons (Fsp3) is 0.0870. The molecule has 0 radical (unpaired) electrons. The van der Waals surface area contributed by atoms with Gasteiger partial charge in [0.05, 0.1) is 17.2 Å². The van der Waals surface area contributed by atoms with Crippen molar-refractivity contribution in [2.75, 3.05) is 0 Å². The molecule has 2 N–H and O–H groups in total. The predicted molar refractivity (Wildman–Crippen MR) is 124 cm³/mol. The number of nitrogens with one attached hydrogen (secondary N) is 1. The quantitative estimate of drug-likeness (QED) is 0.383. The van der Waals surface area contributed by atoms with Crippen molar-refractivity contribution in [1.29, 1.82) is 0 Å². The monoisotopic (exact) mass is 443 g/mol. The van der Waals surface area contributed by atoms with Gasteiger partial charge in [-0.15, -0.1) is 21.6 Å². The highest BCUT2D eigenvalue weighted by Gasteiger charge is 2.15. The lowest BCUT2D eigenvalue weighted by molar-refractivity contribution is -0.118. The number of benzene rings is 2. The molecule has 1 amide bonds. The molecule has 5 rings (SSSR count). The van der Waals surface area contributed by atoms with Gasteiger partial charge < -0.3 is 10.1 Å². The molecule has 0 fully saturated rings. The molecule has 32 heavy (non-hydrogen) atoms. The molecule has 0 saturated heterocycles. The Hall–Kier alpha value is -4.11. The number of H-pyrrole nitrogens is 1. The fourth-order valence-corrected chi connectivity index (χ4v) is 4.54. The Kier molecular flexibility index (Phi) is 4.87. The Labute approximate surface area is 185 Å². The maximum atomic E-state index is 13.1. The number of thiophene rings is 1. The van der Waals surface area contributed by atoms with E-state index in [0.29, 0.717) is 15.6 Å². The number of aromatic amines is 1. The lowest BCUT2D eigenvalue weighted by Gasteiger charge is -2.03. The molecule has 5 aromatic rings. The highest BCUT2D eigenvalue weighted by atomic mass is 32.1. The fourth-order valence-electron chi connectivity index (χ4n) is 3.63. The molecule has 0 spiro atoms. The van der Waals surface area contributed by atoms with Gasteiger partial charge in [0.15, 0.2) is 5.69 Å². The van der Waals surface area contributed by atoms with Gasteiger partial charge >= 0.3 is 0 Å². The maximum Gasteiger partial charge on any atom is 0.284 e. The number of aromatic nitrogens is 3. The van der Waals surface area contributed by atoms with Gasteiger partial charge in [-0.1, -0.05) is 48.5 Å². The van der Waals surface area contributed by atoms with Crippen LogP contribution in [0.4, 0.5) is 5.69 Å². The molecule has 0 aliphatic carbocycles. The number of hydrogen-bond acceptors (Lipinski definition) is 6. The third kappa shape index (κ3) is 3.38. The number of carbonyl (C=O) groups is 1. The van der Waals surface area contributed by atoms with E-state index in [1.165, 1.54) is 22.2 Å². The van der Waals surface area contributed by atoms with Crippen LogP contribution < -0.4 is 5.56 Å². The van der Waals surface area contributed by atoms with Crippen molar-refractivity contribution in [1.82, 2.24) is 14.5 Å². The molecule has 9 heteroatoms. The number of hydrogen-bond donors (Lipinski definition) is 2. The van der Waals surface area contributed by atoms with Crippen molar-refractivity contribution in [3.63, 3.8) is 0 Å². The minimum atomic E-state index is -0.633. The second-order valence-corrected chi connectivity index (χ2v) is 8.14. The van der Waals surface area contributed by atoms with Crippen LogP contribution in [0.15, 0.2) is 75.3 Å². The highest BCUT2D eigenvalue weighted by Crippen LogP contribution is 2.36. The Bertz CT molecular complexity index is 1560. The SMILES string of the molecule is Cc1cccc2c(N=NC(=O)Cn3cnc4scc(-c5ccccc5)c4c3=O)c(O)[nH]c12. The van der Waals surface area contributed by atoms with Gasteiger partial charge in [-0.05, 0) is 18.1 Å². The number of fused-ring (bicyclic) bond motifs is 2. The van der Waals surface area contributed by atoms with Crippen LogP contribution in [0.2, 0.25) is 0 Å². The second kappa shape index (κ2) is 7.86. The first kappa shape index (κ1) is 19.8. The largest absolute Gasteiger partial charge is 0.493 e. The van der Waals surface area contributed by atoms with Gasteiger partial charge in [0.2, 0.25) is 5.88 Å². The molecule has 3 heterocycles. The number of rotatable bonds is 4. The van der Waals surface area contributed by atoms with Gasteiger partial charge in [0.1, 0.15) is 11.4 Å². The molecular formula is C23H17N5O3S. The molecule has 2 aromatic carbocycles.